The lowest BCUT2D eigenvalue weighted by Crippen LogP contribution is -2.29. The van der Waals surface area contributed by atoms with Gasteiger partial charge in [-0.3, -0.25) is 4.79 Å². The number of ether oxygens (including phenoxy) is 1. The van der Waals surface area contributed by atoms with Crippen LogP contribution < -0.4 is 4.74 Å². The Labute approximate surface area is 114 Å². The normalized spacial score (nSPS) is 35.8. The number of ketones is 1. The van der Waals surface area contributed by atoms with Crippen LogP contribution in [0.4, 0.5) is 0 Å². The standard InChI is InChI=1S/C17H20O2/c18-17(15-10-11-5-6-12(15)9-11)14-7-8-19-16-4-2-1-3-13(14)16/h1-4,11-12,14-15H,5-10H2. The molecule has 1 heterocycles. The number of para-hydroxylation sites is 1. The van der Waals surface area contributed by atoms with Gasteiger partial charge in [-0.1, -0.05) is 24.6 Å². The number of hydrogen-bond donors (Lipinski definition) is 0. The third kappa shape index (κ3) is 1.80. The summed E-state index contributed by atoms with van der Waals surface area (Å²) in [6.45, 7) is 0.689. The summed E-state index contributed by atoms with van der Waals surface area (Å²) in [4.78, 5) is 12.9. The molecule has 2 saturated carbocycles. The molecule has 1 aliphatic heterocycles. The Morgan fingerprint density at radius 2 is 2.00 bits per heavy atom. The van der Waals surface area contributed by atoms with Crippen molar-refractivity contribution in [1.82, 2.24) is 0 Å². The number of carbonyl (C=O) groups is 1. The summed E-state index contributed by atoms with van der Waals surface area (Å²) in [7, 11) is 0. The zero-order valence-corrected chi connectivity index (χ0v) is 11.2. The van der Waals surface area contributed by atoms with E-state index in [1.54, 1.807) is 0 Å². The van der Waals surface area contributed by atoms with Gasteiger partial charge in [-0.25, -0.2) is 0 Å². The fourth-order valence-electron chi connectivity index (χ4n) is 4.49. The summed E-state index contributed by atoms with van der Waals surface area (Å²) < 4.78 is 5.68. The van der Waals surface area contributed by atoms with E-state index in [0.717, 1.165) is 30.1 Å². The molecule has 1 aromatic rings. The van der Waals surface area contributed by atoms with Crippen molar-refractivity contribution >= 4 is 5.78 Å². The van der Waals surface area contributed by atoms with E-state index in [9.17, 15) is 4.79 Å². The van der Waals surface area contributed by atoms with Crippen molar-refractivity contribution in [3.05, 3.63) is 29.8 Å². The first-order valence-electron chi connectivity index (χ1n) is 7.58. The molecule has 19 heavy (non-hydrogen) atoms. The van der Waals surface area contributed by atoms with Crippen LogP contribution in [-0.2, 0) is 4.79 Å². The number of hydrogen-bond acceptors (Lipinski definition) is 2. The molecule has 0 spiro atoms. The molecule has 0 radical (unpaired) electrons. The molecular formula is C17H20O2. The lowest BCUT2D eigenvalue weighted by atomic mass is 9.77. The Balaban J connectivity index is 1.61. The van der Waals surface area contributed by atoms with E-state index in [-0.39, 0.29) is 5.92 Å². The summed E-state index contributed by atoms with van der Waals surface area (Å²) >= 11 is 0. The molecule has 0 N–H and O–H groups in total. The van der Waals surface area contributed by atoms with Gasteiger partial charge >= 0.3 is 0 Å². The molecule has 1 aromatic carbocycles. The predicted octanol–water partition coefficient (Wildman–Crippen LogP) is 3.56. The number of benzene rings is 1. The van der Waals surface area contributed by atoms with E-state index in [0.29, 0.717) is 24.2 Å². The van der Waals surface area contributed by atoms with E-state index >= 15 is 0 Å². The predicted molar refractivity (Wildman–Crippen MR) is 73.2 cm³/mol. The highest BCUT2D eigenvalue weighted by Gasteiger charge is 2.45. The van der Waals surface area contributed by atoms with Gasteiger partial charge in [0.15, 0.2) is 0 Å². The van der Waals surface area contributed by atoms with Crippen LogP contribution in [0.1, 0.15) is 43.6 Å². The van der Waals surface area contributed by atoms with Crippen molar-refractivity contribution in [2.75, 3.05) is 6.61 Å². The van der Waals surface area contributed by atoms with Crippen LogP contribution in [-0.4, -0.2) is 12.4 Å². The maximum atomic E-state index is 12.9. The van der Waals surface area contributed by atoms with Crippen LogP contribution in [0.2, 0.25) is 0 Å². The molecule has 2 nitrogen and oxygen atoms in total. The van der Waals surface area contributed by atoms with Crippen molar-refractivity contribution in [2.45, 2.75) is 38.0 Å². The van der Waals surface area contributed by atoms with Crippen molar-refractivity contribution in [1.29, 1.82) is 0 Å². The van der Waals surface area contributed by atoms with Gasteiger partial charge in [0.2, 0.25) is 0 Å². The maximum absolute atomic E-state index is 12.9. The molecule has 3 aliphatic rings. The first-order chi connectivity index (χ1) is 9.33. The lowest BCUT2D eigenvalue weighted by molar-refractivity contribution is -0.126. The molecule has 4 unspecified atom stereocenters. The highest BCUT2D eigenvalue weighted by atomic mass is 16.5. The number of rotatable bonds is 2. The van der Waals surface area contributed by atoms with Crippen molar-refractivity contribution in [2.24, 2.45) is 17.8 Å². The van der Waals surface area contributed by atoms with Gasteiger partial charge in [0.25, 0.3) is 0 Å². The molecule has 2 heteroatoms. The topological polar surface area (TPSA) is 26.3 Å². The van der Waals surface area contributed by atoms with Crippen LogP contribution in [0.5, 0.6) is 5.75 Å². The molecule has 4 atom stereocenters. The minimum atomic E-state index is 0.0919. The van der Waals surface area contributed by atoms with E-state index in [4.69, 9.17) is 4.74 Å². The van der Waals surface area contributed by atoms with Crippen molar-refractivity contribution in [3.8, 4) is 5.75 Å². The van der Waals surface area contributed by atoms with Crippen LogP contribution in [0.3, 0.4) is 0 Å². The monoisotopic (exact) mass is 256 g/mol. The molecule has 100 valence electrons. The van der Waals surface area contributed by atoms with E-state index in [1.165, 1.54) is 19.3 Å². The second-order valence-corrected chi connectivity index (χ2v) is 6.41. The minimum Gasteiger partial charge on any atom is -0.493 e. The van der Waals surface area contributed by atoms with Crippen molar-refractivity contribution < 1.29 is 9.53 Å². The zero-order valence-electron chi connectivity index (χ0n) is 11.2. The Hall–Kier alpha value is -1.31. The first-order valence-corrected chi connectivity index (χ1v) is 7.58. The quantitative estimate of drug-likeness (QED) is 0.808. The fraction of sp³-hybridized carbons (Fsp3) is 0.588. The molecule has 2 aliphatic carbocycles. The fourth-order valence-corrected chi connectivity index (χ4v) is 4.49. The van der Waals surface area contributed by atoms with E-state index < -0.39 is 0 Å². The van der Waals surface area contributed by atoms with Gasteiger partial charge in [-0.2, -0.15) is 0 Å². The number of fused-ring (bicyclic) bond motifs is 3. The summed E-state index contributed by atoms with van der Waals surface area (Å²) in [6.07, 6.45) is 5.97. The molecule has 0 amide bonds. The average molecular weight is 256 g/mol. The number of carbonyl (C=O) groups excluding carboxylic acids is 1. The van der Waals surface area contributed by atoms with E-state index in [1.807, 2.05) is 18.2 Å². The summed E-state index contributed by atoms with van der Waals surface area (Å²) in [5, 5.41) is 0. The van der Waals surface area contributed by atoms with Gasteiger partial charge < -0.3 is 4.74 Å². The zero-order chi connectivity index (χ0) is 12.8. The lowest BCUT2D eigenvalue weighted by Gasteiger charge is -2.29. The number of Topliss-reactive ketones (excluding diaryl/α,β-unsaturated/α-hetero) is 1. The van der Waals surface area contributed by atoms with Crippen LogP contribution >= 0.6 is 0 Å². The highest BCUT2D eigenvalue weighted by Crippen LogP contribution is 2.51. The van der Waals surface area contributed by atoms with E-state index in [2.05, 4.69) is 6.07 Å². The molecule has 0 saturated heterocycles. The SMILES string of the molecule is O=C(C1CCOc2ccccc21)C1CC2CCC1C2. The van der Waals surface area contributed by atoms with Gasteiger partial charge in [0, 0.05) is 17.4 Å². The molecular weight excluding hydrogens is 236 g/mol. The second kappa shape index (κ2) is 4.36. The average Bonchev–Trinajstić information content (AvgIpc) is 3.08. The third-order valence-corrected chi connectivity index (χ3v) is 5.41. The van der Waals surface area contributed by atoms with Crippen LogP contribution in [0, 0.1) is 17.8 Å². The summed E-state index contributed by atoms with van der Waals surface area (Å²) in [6, 6.07) is 8.08. The van der Waals surface area contributed by atoms with Gasteiger partial charge in [0.1, 0.15) is 11.5 Å². The summed E-state index contributed by atoms with van der Waals surface area (Å²) in [5.41, 5.74) is 1.13. The van der Waals surface area contributed by atoms with Gasteiger partial charge in [-0.05, 0) is 43.6 Å². The van der Waals surface area contributed by atoms with Crippen molar-refractivity contribution in [3.63, 3.8) is 0 Å². The van der Waals surface area contributed by atoms with Gasteiger partial charge in [0.05, 0.1) is 6.61 Å². The molecule has 0 aromatic heterocycles. The maximum Gasteiger partial charge on any atom is 0.143 e. The minimum absolute atomic E-state index is 0.0919. The molecule has 2 bridgehead atoms. The van der Waals surface area contributed by atoms with Crippen LogP contribution in [0.25, 0.3) is 0 Å². The smallest absolute Gasteiger partial charge is 0.143 e. The Bertz CT molecular complexity index is 508. The molecule has 4 rings (SSSR count). The molecule has 2 fully saturated rings. The first kappa shape index (κ1) is 11.5. The Kier molecular flexibility index (Phi) is 2.64. The third-order valence-electron chi connectivity index (χ3n) is 5.41. The second-order valence-electron chi connectivity index (χ2n) is 6.41. The summed E-state index contributed by atoms with van der Waals surface area (Å²) in [5.74, 6) is 3.39. The Morgan fingerprint density at radius 1 is 1.11 bits per heavy atom. The largest absolute Gasteiger partial charge is 0.493 e. The Morgan fingerprint density at radius 3 is 2.79 bits per heavy atom. The van der Waals surface area contributed by atoms with Crippen LogP contribution in [0.15, 0.2) is 24.3 Å². The van der Waals surface area contributed by atoms with Gasteiger partial charge in [-0.15, -0.1) is 0 Å². The highest BCUT2D eigenvalue weighted by molar-refractivity contribution is 5.89.